The van der Waals surface area contributed by atoms with Gasteiger partial charge in [-0.3, -0.25) is 9.89 Å². The van der Waals surface area contributed by atoms with Crippen molar-refractivity contribution in [2.24, 2.45) is 0 Å². The van der Waals surface area contributed by atoms with Gasteiger partial charge in [-0.2, -0.15) is 10.2 Å². The molecule has 2 aromatic heterocycles. The fourth-order valence-electron chi connectivity index (χ4n) is 4.16. The molecule has 170 valence electrons. The van der Waals surface area contributed by atoms with E-state index in [1.165, 1.54) is 22.9 Å². The van der Waals surface area contributed by atoms with Crippen LogP contribution in [0.4, 0.5) is 10.2 Å². The summed E-state index contributed by atoms with van der Waals surface area (Å²) in [6.07, 6.45) is 4.28. The van der Waals surface area contributed by atoms with E-state index in [4.69, 9.17) is 4.74 Å². The third-order valence-corrected chi connectivity index (χ3v) is 5.85. The molecule has 0 saturated heterocycles. The van der Waals surface area contributed by atoms with Crippen LogP contribution in [-0.4, -0.2) is 50.9 Å². The van der Waals surface area contributed by atoms with Crippen molar-refractivity contribution >= 4 is 5.82 Å². The van der Waals surface area contributed by atoms with E-state index in [9.17, 15) is 14.3 Å². The molecule has 0 bridgehead atoms. The highest BCUT2D eigenvalue weighted by Gasteiger charge is 2.30. The van der Waals surface area contributed by atoms with Gasteiger partial charge in [0.15, 0.2) is 5.82 Å². The van der Waals surface area contributed by atoms with Crippen molar-refractivity contribution in [3.05, 3.63) is 52.6 Å². The maximum absolute atomic E-state index is 13.5. The lowest BCUT2D eigenvalue weighted by Crippen LogP contribution is -2.40. The van der Waals surface area contributed by atoms with E-state index in [1.807, 2.05) is 0 Å². The summed E-state index contributed by atoms with van der Waals surface area (Å²) < 4.78 is 19.9. The second-order valence-electron chi connectivity index (χ2n) is 8.25. The predicted molar refractivity (Wildman–Crippen MR) is 120 cm³/mol. The molecule has 1 aliphatic rings. The van der Waals surface area contributed by atoms with E-state index in [-0.39, 0.29) is 17.9 Å². The van der Waals surface area contributed by atoms with Crippen LogP contribution in [0.25, 0.3) is 22.5 Å². The second-order valence-corrected chi connectivity index (χ2v) is 8.25. The van der Waals surface area contributed by atoms with Gasteiger partial charge >= 0.3 is 0 Å². The van der Waals surface area contributed by atoms with Crippen LogP contribution in [0.5, 0.6) is 0 Å². The van der Waals surface area contributed by atoms with Gasteiger partial charge in [0.1, 0.15) is 5.82 Å². The third-order valence-electron chi connectivity index (χ3n) is 5.85. The Morgan fingerprint density at radius 1 is 1.19 bits per heavy atom. The maximum Gasteiger partial charge on any atom is 0.266 e. The largest absolute Gasteiger partial charge is 0.388 e. The Kier molecular flexibility index (Phi) is 6.66. The van der Waals surface area contributed by atoms with Gasteiger partial charge in [-0.15, -0.1) is 0 Å². The predicted octanol–water partition coefficient (Wildman–Crippen LogP) is 3.19. The van der Waals surface area contributed by atoms with Gasteiger partial charge in [0.25, 0.3) is 5.56 Å². The molecule has 8 nitrogen and oxygen atoms in total. The zero-order chi connectivity index (χ0) is 22.6. The summed E-state index contributed by atoms with van der Waals surface area (Å²) >= 11 is 0. The number of aliphatic hydroxyl groups is 1. The van der Waals surface area contributed by atoms with E-state index < -0.39 is 5.60 Å². The van der Waals surface area contributed by atoms with Gasteiger partial charge in [-0.05, 0) is 43.2 Å². The van der Waals surface area contributed by atoms with E-state index >= 15 is 0 Å². The number of benzene rings is 1. The molecule has 1 fully saturated rings. The molecule has 0 spiro atoms. The monoisotopic (exact) mass is 441 g/mol. The highest BCUT2D eigenvalue weighted by atomic mass is 19.1. The number of ether oxygens (including phenoxy) is 1. The number of hydrogen-bond donors (Lipinski definition) is 3. The molecule has 3 aromatic rings. The highest BCUT2D eigenvalue weighted by molar-refractivity contribution is 5.86. The van der Waals surface area contributed by atoms with Crippen LogP contribution in [0.1, 0.15) is 32.1 Å². The van der Waals surface area contributed by atoms with Crippen LogP contribution in [0, 0.1) is 5.82 Å². The van der Waals surface area contributed by atoms with Crippen LogP contribution in [-0.2, 0) is 11.3 Å². The van der Waals surface area contributed by atoms with Crippen molar-refractivity contribution in [1.82, 2.24) is 20.0 Å². The first-order valence-electron chi connectivity index (χ1n) is 10.9. The Balaban J connectivity index is 1.74. The number of nitrogens with one attached hydrogen (secondary N) is 2. The van der Waals surface area contributed by atoms with Crippen molar-refractivity contribution in [3.63, 3.8) is 0 Å². The molecule has 0 radical (unpaired) electrons. The zero-order valence-electron chi connectivity index (χ0n) is 18.1. The summed E-state index contributed by atoms with van der Waals surface area (Å²) in [6, 6.07) is 9.17. The summed E-state index contributed by atoms with van der Waals surface area (Å²) in [5.41, 5.74) is 1.38. The minimum atomic E-state index is -0.927. The van der Waals surface area contributed by atoms with Gasteiger partial charge in [-0.1, -0.05) is 19.3 Å². The Hall–Kier alpha value is -3.04. The molecule has 0 amide bonds. The van der Waals surface area contributed by atoms with Crippen LogP contribution in [0.2, 0.25) is 0 Å². The van der Waals surface area contributed by atoms with Crippen LogP contribution in [0.3, 0.4) is 0 Å². The number of halogens is 1. The molecule has 9 heteroatoms. The number of nitrogens with zero attached hydrogens (tertiary/aromatic N) is 3. The van der Waals surface area contributed by atoms with Gasteiger partial charge < -0.3 is 15.2 Å². The molecular formula is C23H28FN5O3. The van der Waals surface area contributed by atoms with Crippen LogP contribution >= 0.6 is 0 Å². The molecule has 3 N–H and O–H groups in total. The molecule has 2 heterocycles. The highest BCUT2D eigenvalue weighted by Crippen LogP contribution is 2.35. The lowest BCUT2D eigenvalue weighted by atomic mass is 9.85. The number of methoxy groups -OCH3 is 1. The quantitative estimate of drug-likeness (QED) is 0.464. The molecule has 1 aliphatic carbocycles. The standard InChI is InChI=1S/C23H28FN5O3/c1-32-14-13-25-22-20(21(26-27-22)16-5-7-17(24)8-6-16)18-9-10-19(30)29(28-18)15-23(31)11-3-2-4-12-23/h5-10,31H,2-4,11-15H2,1H3,(H2,25,26,27). The summed E-state index contributed by atoms with van der Waals surface area (Å²) in [5.74, 6) is 0.219. The van der Waals surface area contributed by atoms with Crippen molar-refractivity contribution in [1.29, 1.82) is 0 Å². The number of hydrogen-bond acceptors (Lipinski definition) is 6. The number of rotatable bonds is 8. The van der Waals surface area contributed by atoms with Gasteiger partial charge in [0.05, 0.1) is 35.7 Å². The first kappa shape index (κ1) is 22.2. The Labute approximate surface area is 185 Å². The molecule has 32 heavy (non-hydrogen) atoms. The topological polar surface area (TPSA) is 105 Å². The number of anilines is 1. The number of aromatic amines is 1. The SMILES string of the molecule is COCCNc1n[nH]c(-c2ccc(F)cc2)c1-c1ccc(=O)n(CC2(O)CCCCC2)n1. The van der Waals surface area contributed by atoms with Gasteiger partial charge in [0, 0.05) is 25.3 Å². The summed E-state index contributed by atoms with van der Waals surface area (Å²) in [7, 11) is 1.62. The first-order chi connectivity index (χ1) is 15.5. The number of H-pyrrole nitrogens is 1. The van der Waals surface area contributed by atoms with E-state index in [2.05, 4.69) is 20.6 Å². The van der Waals surface area contributed by atoms with Crippen LogP contribution in [0.15, 0.2) is 41.2 Å². The Morgan fingerprint density at radius 2 is 1.94 bits per heavy atom. The number of aromatic nitrogens is 4. The minimum Gasteiger partial charge on any atom is -0.388 e. The zero-order valence-corrected chi connectivity index (χ0v) is 18.1. The smallest absolute Gasteiger partial charge is 0.266 e. The van der Waals surface area contributed by atoms with Crippen molar-refractivity contribution in [2.45, 2.75) is 44.2 Å². The summed E-state index contributed by atoms with van der Waals surface area (Å²) in [6.45, 7) is 1.16. The molecule has 1 aromatic carbocycles. The van der Waals surface area contributed by atoms with Crippen LogP contribution < -0.4 is 10.9 Å². The first-order valence-corrected chi connectivity index (χ1v) is 10.9. The lowest BCUT2D eigenvalue weighted by molar-refractivity contribution is -0.0153. The van der Waals surface area contributed by atoms with Crippen molar-refractivity contribution < 1.29 is 14.2 Å². The fourth-order valence-corrected chi connectivity index (χ4v) is 4.16. The molecule has 0 aliphatic heterocycles. The fraction of sp³-hybridized carbons (Fsp3) is 0.435. The van der Waals surface area contributed by atoms with Gasteiger partial charge in [0.2, 0.25) is 0 Å². The van der Waals surface area contributed by atoms with E-state index in [0.717, 1.165) is 24.8 Å². The average Bonchev–Trinajstić information content (AvgIpc) is 3.20. The average molecular weight is 442 g/mol. The second kappa shape index (κ2) is 9.62. The maximum atomic E-state index is 13.5. The molecule has 0 atom stereocenters. The third kappa shape index (κ3) is 4.89. The summed E-state index contributed by atoms with van der Waals surface area (Å²) in [5, 5.41) is 26.1. The normalized spacial score (nSPS) is 15.6. The lowest BCUT2D eigenvalue weighted by Gasteiger charge is -2.32. The molecule has 0 unspecified atom stereocenters. The van der Waals surface area contributed by atoms with Crippen molar-refractivity contribution in [2.75, 3.05) is 25.6 Å². The summed E-state index contributed by atoms with van der Waals surface area (Å²) in [4.78, 5) is 12.5. The molecule has 4 rings (SSSR count). The minimum absolute atomic E-state index is 0.149. The van der Waals surface area contributed by atoms with E-state index in [1.54, 1.807) is 25.3 Å². The molecule has 1 saturated carbocycles. The Bertz CT molecular complexity index is 1100. The van der Waals surface area contributed by atoms with Gasteiger partial charge in [-0.25, -0.2) is 9.07 Å². The van der Waals surface area contributed by atoms with Crippen molar-refractivity contribution in [3.8, 4) is 22.5 Å². The Morgan fingerprint density at radius 3 is 2.66 bits per heavy atom. The van der Waals surface area contributed by atoms with E-state index in [0.29, 0.717) is 48.8 Å². The molecular weight excluding hydrogens is 413 g/mol.